The lowest BCUT2D eigenvalue weighted by Gasteiger charge is -2.26. The van der Waals surface area contributed by atoms with E-state index in [1.54, 1.807) is 13.0 Å². The molecule has 0 amide bonds. The molecule has 1 heterocycles. The Labute approximate surface area is 104 Å². The molecule has 18 heavy (non-hydrogen) atoms. The van der Waals surface area contributed by atoms with Crippen LogP contribution in [0.1, 0.15) is 37.1 Å². The van der Waals surface area contributed by atoms with Crippen LogP contribution < -0.4 is 5.32 Å². The number of hydrogen-bond donors (Lipinski definition) is 1. The highest BCUT2D eigenvalue weighted by Crippen LogP contribution is 2.35. The van der Waals surface area contributed by atoms with Gasteiger partial charge in [0.25, 0.3) is 0 Å². The van der Waals surface area contributed by atoms with E-state index >= 15 is 0 Å². The summed E-state index contributed by atoms with van der Waals surface area (Å²) in [5.74, 6) is 0.300. The van der Waals surface area contributed by atoms with Crippen molar-refractivity contribution in [3.05, 3.63) is 17.5 Å². The average Bonchev–Trinajstić information content (AvgIpc) is 2.88. The van der Waals surface area contributed by atoms with Crippen molar-refractivity contribution in [2.45, 2.75) is 51.4 Å². The van der Waals surface area contributed by atoms with E-state index in [9.17, 15) is 13.2 Å². The summed E-state index contributed by atoms with van der Waals surface area (Å²) in [6.07, 6.45) is -1.12. The molecule has 102 valence electrons. The molecule has 1 fully saturated rings. The van der Waals surface area contributed by atoms with Gasteiger partial charge in [-0.25, -0.2) is 0 Å². The summed E-state index contributed by atoms with van der Waals surface area (Å²) in [7, 11) is 0. The van der Waals surface area contributed by atoms with Gasteiger partial charge in [0.05, 0.1) is 5.69 Å². The van der Waals surface area contributed by atoms with E-state index in [2.05, 4.69) is 10.5 Å². The van der Waals surface area contributed by atoms with Gasteiger partial charge in [0.2, 0.25) is 0 Å². The van der Waals surface area contributed by atoms with Gasteiger partial charge in [-0.05, 0) is 25.7 Å². The molecular formula is C12H17F3N2O. The number of nitrogens with zero attached hydrogens (tertiary/aromatic N) is 1. The fourth-order valence-electron chi connectivity index (χ4n) is 2.56. The highest BCUT2D eigenvalue weighted by molar-refractivity contribution is 5.03. The van der Waals surface area contributed by atoms with Crippen LogP contribution in [0.15, 0.2) is 10.6 Å². The normalized spacial score (nSPS) is 19.3. The number of halogens is 3. The molecule has 1 saturated carbocycles. The van der Waals surface area contributed by atoms with E-state index < -0.39 is 12.2 Å². The summed E-state index contributed by atoms with van der Waals surface area (Å²) in [6.45, 7) is 1.81. The van der Waals surface area contributed by atoms with Crippen molar-refractivity contribution >= 4 is 0 Å². The second-order valence-corrected chi connectivity index (χ2v) is 4.87. The zero-order valence-electron chi connectivity index (χ0n) is 10.3. The third-order valence-corrected chi connectivity index (χ3v) is 3.40. The van der Waals surface area contributed by atoms with E-state index in [0.29, 0.717) is 24.3 Å². The Morgan fingerprint density at radius 1 is 1.44 bits per heavy atom. The van der Waals surface area contributed by atoms with Crippen LogP contribution in [0.25, 0.3) is 0 Å². The molecule has 0 radical (unpaired) electrons. The predicted octanol–water partition coefficient (Wildman–Crippen LogP) is 3.19. The van der Waals surface area contributed by atoms with Crippen molar-refractivity contribution in [1.29, 1.82) is 0 Å². The fraction of sp³-hybridized carbons (Fsp3) is 0.750. The molecule has 1 aliphatic rings. The second kappa shape index (κ2) is 5.30. The lowest BCUT2D eigenvalue weighted by molar-refractivity contribution is -0.168. The Morgan fingerprint density at radius 2 is 2.11 bits per heavy atom. The lowest BCUT2D eigenvalue weighted by Crippen LogP contribution is -2.46. The molecular weight excluding hydrogens is 245 g/mol. The van der Waals surface area contributed by atoms with Crippen LogP contribution in [0.5, 0.6) is 0 Å². The molecule has 0 spiro atoms. The summed E-state index contributed by atoms with van der Waals surface area (Å²) in [5.41, 5.74) is 0.514. The third kappa shape index (κ3) is 3.25. The van der Waals surface area contributed by atoms with Gasteiger partial charge in [0.1, 0.15) is 11.8 Å². The van der Waals surface area contributed by atoms with Crippen LogP contribution in [0.2, 0.25) is 0 Å². The Hall–Kier alpha value is -1.04. The minimum Gasteiger partial charge on any atom is -0.361 e. The molecule has 2 rings (SSSR count). The summed E-state index contributed by atoms with van der Waals surface area (Å²) < 4.78 is 43.8. The van der Waals surface area contributed by atoms with Crippen LogP contribution >= 0.6 is 0 Å². The summed E-state index contributed by atoms with van der Waals surface area (Å²) in [5, 5.41) is 6.28. The van der Waals surface area contributed by atoms with Crippen molar-refractivity contribution in [3.63, 3.8) is 0 Å². The first kappa shape index (κ1) is 13.4. The van der Waals surface area contributed by atoms with Gasteiger partial charge in [-0.3, -0.25) is 0 Å². The minimum atomic E-state index is -4.20. The summed E-state index contributed by atoms with van der Waals surface area (Å²) >= 11 is 0. The van der Waals surface area contributed by atoms with Crippen LogP contribution in [-0.2, 0) is 6.54 Å². The molecule has 0 saturated heterocycles. The molecule has 3 nitrogen and oxygen atoms in total. The van der Waals surface area contributed by atoms with Crippen molar-refractivity contribution < 1.29 is 17.7 Å². The molecule has 1 N–H and O–H groups in total. The van der Waals surface area contributed by atoms with Crippen molar-refractivity contribution in [1.82, 2.24) is 10.5 Å². The molecule has 0 aliphatic heterocycles. The zero-order valence-corrected chi connectivity index (χ0v) is 10.3. The monoisotopic (exact) mass is 262 g/mol. The number of aromatic nitrogens is 1. The quantitative estimate of drug-likeness (QED) is 0.905. The van der Waals surface area contributed by atoms with E-state index in [-0.39, 0.29) is 12.5 Å². The highest BCUT2D eigenvalue weighted by atomic mass is 19.4. The van der Waals surface area contributed by atoms with Crippen molar-refractivity contribution in [2.75, 3.05) is 0 Å². The minimum absolute atomic E-state index is 0.0953. The Morgan fingerprint density at radius 3 is 2.61 bits per heavy atom. The molecule has 0 aromatic carbocycles. The molecule has 1 atom stereocenters. The first-order valence-electron chi connectivity index (χ1n) is 6.19. The second-order valence-electron chi connectivity index (χ2n) is 4.87. The van der Waals surface area contributed by atoms with Gasteiger partial charge in [-0.2, -0.15) is 13.2 Å². The van der Waals surface area contributed by atoms with Gasteiger partial charge >= 0.3 is 6.18 Å². The zero-order chi connectivity index (χ0) is 13.2. The largest absolute Gasteiger partial charge is 0.404 e. The molecule has 0 bridgehead atoms. The van der Waals surface area contributed by atoms with Gasteiger partial charge < -0.3 is 9.84 Å². The fourth-order valence-corrected chi connectivity index (χ4v) is 2.56. The van der Waals surface area contributed by atoms with Gasteiger partial charge in [0.15, 0.2) is 0 Å². The molecule has 1 aromatic rings. The third-order valence-electron chi connectivity index (χ3n) is 3.40. The maximum Gasteiger partial charge on any atom is 0.404 e. The maximum absolute atomic E-state index is 13.0. The van der Waals surface area contributed by atoms with E-state index in [0.717, 1.165) is 12.8 Å². The number of alkyl halides is 3. The Bertz CT molecular complexity index is 383. The van der Waals surface area contributed by atoms with Crippen LogP contribution in [0.3, 0.4) is 0 Å². The summed E-state index contributed by atoms with van der Waals surface area (Å²) in [4.78, 5) is 0. The first-order chi connectivity index (χ1) is 8.47. The topological polar surface area (TPSA) is 38.1 Å². The first-order valence-corrected chi connectivity index (χ1v) is 6.19. The smallest absolute Gasteiger partial charge is 0.361 e. The predicted molar refractivity (Wildman–Crippen MR) is 59.9 cm³/mol. The van der Waals surface area contributed by atoms with Gasteiger partial charge in [-0.15, -0.1) is 0 Å². The lowest BCUT2D eigenvalue weighted by atomic mass is 9.97. The van der Waals surface area contributed by atoms with Crippen LogP contribution in [0, 0.1) is 12.8 Å². The molecule has 1 aliphatic carbocycles. The van der Waals surface area contributed by atoms with Gasteiger partial charge in [-0.1, -0.05) is 18.0 Å². The van der Waals surface area contributed by atoms with E-state index in [4.69, 9.17) is 4.52 Å². The molecule has 1 aromatic heterocycles. The number of hydrogen-bond acceptors (Lipinski definition) is 3. The average molecular weight is 262 g/mol. The maximum atomic E-state index is 13.0. The highest BCUT2D eigenvalue weighted by Gasteiger charge is 2.44. The SMILES string of the molecule is Cc1cc(CNC(C2CCCC2)C(F)(F)F)no1. The Kier molecular flexibility index (Phi) is 3.94. The standard InChI is InChI=1S/C12H17F3N2O/c1-8-6-10(17-18-8)7-16-11(12(13,14)15)9-4-2-3-5-9/h6,9,11,16H,2-5,7H2,1H3. The van der Waals surface area contributed by atoms with Crippen molar-refractivity contribution in [2.24, 2.45) is 5.92 Å². The van der Waals surface area contributed by atoms with Crippen molar-refractivity contribution in [3.8, 4) is 0 Å². The Balaban J connectivity index is 1.97. The number of nitrogens with one attached hydrogen (secondary N) is 1. The van der Waals surface area contributed by atoms with Crippen LogP contribution in [0.4, 0.5) is 13.2 Å². The van der Waals surface area contributed by atoms with Gasteiger partial charge in [0, 0.05) is 12.6 Å². The molecule has 1 unspecified atom stereocenters. The number of rotatable bonds is 4. The van der Waals surface area contributed by atoms with E-state index in [1.807, 2.05) is 0 Å². The number of aryl methyl sites for hydroxylation is 1. The van der Waals surface area contributed by atoms with E-state index in [1.165, 1.54) is 0 Å². The molecule has 6 heteroatoms. The van der Waals surface area contributed by atoms with Crippen LogP contribution in [-0.4, -0.2) is 17.4 Å². The summed E-state index contributed by atoms with van der Waals surface area (Å²) in [6, 6.07) is 0.215.